The molecule has 0 aliphatic carbocycles. The van der Waals surface area contributed by atoms with Gasteiger partial charge in [0.15, 0.2) is 4.96 Å². The fourth-order valence-electron chi connectivity index (χ4n) is 4.94. The van der Waals surface area contributed by atoms with Gasteiger partial charge in [-0.1, -0.05) is 12.1 Å². The van der Waals surface area contributed by atoms with Crippen LogP contribution in [0.15, 0.2) is 96.9 Å². The number of fused-ring (bicyclic) bond motifs is 1. The van der Waals surface area contributed by atoms with E-state index in [1.54, 1.807) is 42.1 Å². The second kappa shape index (κ2) is 11.4. The minimum absolute atomic E-state index is 0.204. The Morgan fingerprint density at radius 2 is 1.74 bits per heavy atom. The molecule has 0 bridgehead atoms. The smallest absolute Gasteiger partial charge is 0.255 e. The molecule has 10 nitrogen and oxygen atoms in total. The lowest BCUT2D eigenvalue weighted by molar-refractivity contribution is 0.102. The summed E-state index contributed by atoms with van der Waals surface area (Å²) in [6.45, 7) is 3.28. The summed E-state index contributed by atoms with van der Waals surface area (Å²) in [6, 6.07) is 21.2. The van der Waals surface area contributed by atoms with Gasteiger partial charge in [-0.15, -0.1) is 11.3 Å². The van der Waals surface area contributed by atoms with Gasteiger partial charge in [0.2, 0.25) is 5.95 Å². The number of carbonyl (C=O) groups is 1. The molecule has 1 aliphatic rings. The molecule has 1 aliphatic heterocycles. The van der Waals surface area contributed by atoms with Crippen molar-refractivity contribution < 1.29 is 9.53 Å². The monoisotopic (exact) mass is 574 g/mol. The zero-order valence-corrected chi connectivity index (χ0v) is 23.3. The largest absolute Gasteiger partial charge is 0.378 e. The van der Waals surface area contributed by atoms with Crippen molar-refractivity contribution >= 4 is 45.2 Å². The standard InChI is InChI=1S/C31H26N8O2S/c40-29(21-8-11-32-12-9-21)34-24-3-1-2-22(20-24)27-28(39-16-19-42-31(39)37-27)26-10-13-33-30(36-26)35-23-4-6-25(7-5-23)38-14-17-41-18-15-38/h1-13,16,19-20H,14-15,17-18H2,(H,34,40)(H,33,35,36). The molecule has 1 saturated heterocycles. The highest BCUT2D eigenvalue weighted by Crippen LogP contribution is 2.35. The van der Waals surface area contributed by atoms with Crippen molar-refractivity contribution in [3.8, 4) is 22.6 Å². The van der Waals surface area contributed by atoms with Crippen LogP contribution in [0.5, 0.6) is 0 Å². The van der Waals surface area contributed by atoms with Gasteiger partial charge in [-0.05, 0) is 54.6 Å². The minimum Gasteiger partial charge on any atom is -0.378 e. The summed E-state index contributed by atoms with van der Waals surface area (Å²) in [4.78, 5) is 34.2. The molecule has 1 amide bonds. The van der Waals surface area contributed by atoms with Crippen LogP contribution in [-0.2, 0) is 4.74 Å². The predicted octanol–water partition coefficient (Wildman–Crippen LogP) is 5.75. The maximum absolute atomic E-state index is 12.7. The van der Waals surface area contributed by atoms with E-state index in [0.29, 0.717) is 17.2 Å². The van der Waals surface area contributed by atoms with Crippen molar-refractivity contribution in [1.82, 2.24) is 24.3 Å². The fourth-order valence-corrected chi connectivity index (χ4v) is 5.65. The van der Waals surface area contributed by atoms with Crippen molar-refractivity contribution in [2.75, 3.05) is 41.8 Å². The molecule has 0 spiro atoms. The molecule has 0 radical (unpaired) electrons. The van der Waals surface area contributed by atoms with Gasteiger partial charge in [0.1, 0.15) is 5.69 Å². The Labute approximate surface area is 245 Å². The van der Waals surface area contributed by atoms with Crippen LogP contribution in [0.2, 0.25) is 0 Å². The SMILES string of the molecule is O=C(Nc1cccc(-c2nc3sccn3c2-c2ccnc(Nc3ccc(N4CCOCC4)cc3)n2)c1)c1ccncc1. The third-order valence-corrected chi connectivity index (χ3v) is 7.75. The highest BCUT2D eigenvalue weighted by molar-refractivity contribution is 7.15. The fraction of sp³-hybridized carbons (Fsp3) is 0.129. The quantitative estimate of drug-likeness (QED) is 0.248. The second-order valence-corrected chi connectivity index (χ2v) is 10.5. The van der Waals surface area contributed by atoms with Crippen LogP contribution in [0, 0.1) is 0 Å². The van der Waals surface area contributed by atoms with Crippen LogP contribution in [0.4, 0.5) is 23.0 Å². The van der Waals surface area contributed by atoms with Crippen molar-refractivity contribution in [2.45, 2.75) is 0 Å². The summed E-state index contributed by atoms with van der Waals surface area (Å²) in [7, 11) is 0. The first-order valence-electron chi connectivity index (χ1n) is 13.5. The van der Waals surface area contributed by atoms with Gasteiger partial charge in [-0.3, -0.25) is 14.2 Å². The van der Waals surface area contributed by atoms with Crippen LogP contribution in [-0.4, -0.2) is 56.5 Å². The number of nitrogens with one attached hydrogen (secondary N) is 2. The molecule has 0 unspecified atom stereocenters. The zero-order valence-electron chi connectivity index (χ0n) is 22.5. The van der Waals surface area contributed by atoms with E-state index >= 15 is 0 Å². The molecule has 4 aromatic heterocycles. The highest BCUT2D eigenvalue weighted by atomic mass is 32.1. The molecule has 208 valence electrons. The number of benzene rings is 2. The second-order valence-electron chi connectivity index (χ2n) is 9.67. The number of nitrogens with zero attached hydrogens (tertiary/aromatic N) is 6. The van der Waals surface area contributed by atoms with Gasteiger partial charge in [0.05, 0.1) is 24.6 Å². The average molecular weight is 575 g/mol. The number of amides is 1. The lowest BCUT2D eigenvalue weighted by atomic mass is 10.1. The number of hydrogen-bond donors (Lipinski definition) is 2. The van der Waals surface area contributed by atoms with E-state index in [9.17, 15) is 4.79 Å². The first kappa shape index (κ1) is 25.8. The van der Waals surface area contributed by atoms with Crippen LogP contribution in [0.3, 0.4) is 0 Å². The third-order valence-electron chi connectivity index (χ3n) is 7.00. The molecular formula is C31H26N8O2S. The van der Waals surface area contributed by atoms with E-state index in [1.807, 2.05) is 58.4 Å². The van der Waals surface area contributed by atoms with E-state index in [1.165, 1.54) is 5.69 Å². The van der Waals surface area contributed by atoms with Gasteiger partial charge < -0.3 is 20.3 Å². The summed E-state index contributed by atoms with van der Waals surface area (Å²) < 4.78 is 7.50. The molecule has 0 saturated carbocycles. The lowest BCUT2D eigenvalue weighted by Crippen LogP contribution is -2.36. The van der Waals surface area contributed by atoms with Gasteiger partial charge in [-0.2, -0.15) is 0 Å². The Hall–Kier alpha value is -5.13. The summed E-state index contributed by atoms with van der Waals surface area (Å²) >= 11 is 1.55. The number of carbonyl (C=O) groups excluding carboxylic acids is 1. The number of thiazole rings is 1. The first-order valence-corrected chi connectivity index (χ1v) is 14.4. The van der Waals surface area contributed by atoms with E-state index in [0.717, 1.165) is 59.6 Å². The van der Waals surface area contributed by atoms with Crippen LogP contribution >= 0.6 is 11.3 Å². The maximum atomic E-state index is 12.7. The molecule has 0 atom stereocenters. The van der Waals surface area contributed by atoms with Crippen LogP contribution < -0.4 is 15.5 Å². The summed E-state index contributed by atoms with van der Waals surface area (Å²) in [5.41, 5.74) is 6.47. The molecule has 7 rings (SSSR count). The van der Waals surface area contributed by atoms with Crippen molar-refractivity contribution in [3.63, 3.8) is 0 Å². The Kier molecular flexibility index (Phi) is 7.00. The molecular weight excluding hydrogens is 548 g/mol. The molecule has 5 heterocycles. The Bertz CT molecular complexity index is 1850. The van der Waals surface area contributed by atoms with Gasteiger partial charge in [0.25, 0.3) is 5.91 Å². The minimum atomic E-state index is -0.204. The number of hydrogen-bond acceptors (Lipinski definition) is 9. The number of anilines is 4. The molecule has 6 aromatic rings. The molecule has 11 heteroatoms. The van der Waals surface area contributed by atoms with Crippen LogP contribution in [0.25, 0.3) is 27.6 Å². The van der Waals surface area contributed by atoms with Crippen molar-refractivity contribution in [3.05, 3.63) is 102 Å². The summed E-state index contributed by atoms with van der Waals surface area (Å²) in [6.07, 6.45) is 6.93. The number of pyridine rings is 1. The molecule has 42 heavy (non-hydrogen) atoms. The van der Waals surface area contributed by atoms with E-state index in [4.69, 9.17) is 14.7 Å². The Morgan fingerprint density at radius 1 is 0.905 bits per heavy atom. The van der Waals surface area contributed by atoms with Crippen molar-refractivity contribution in [2.24, 2.45) is 0 Å². The van der Waals surface area contributed by atoms with E-state index in [-0.39, 0.29) is 5.91 Å². The third kappa shape index (κ3) is 5.30. The number of rotatable bonds is 7. The number of morpholine rings is 1. The highest BCUT2D eigenvalue weighted by Gasteiger charge is 2.19. The average Bonchev–Trinajstić information content (AvgIpc) is 3.65. The summed E-state index contributed by atoms with van der Waals surface area (Å²) in [5.74, 6) is 0.284. The van der Waals surface area contributed by atoms with Gasteiger partial charge >= 0.3 is 0 Å². The van der Waals surface area contributed by atoms with E-state index in [2.05, 4.69) is 37.6 Å². The topological polar surface area (TPSA) is 110 Å². The van der Waals surface area contributed by atoms with Crippen LogP contribution in [0.1, 0.15) is 10.4 Å². The lowest BCUT2D eigenvalue weighted by Gasteiger charge is -2.28. The number of ether oxygens (including phenoxy) is 1. The van der Waals surface area contributed by atoms with E-state index < -0.39 is 0 Å². The summed E-state index contributed by atoms with van der Waals surface area (Å²) in [5, 5.41) is 8.31. The first-order chi connectivity index (χ1) is 20.7. The zero-order chi connectivity index (χ0) is 28.3. The van der Waals surface area contributed by atoms with Gasteiger partial charge in [0, 0.05) is 71.4 Å². The molecule has 1 fully saturated rings. The number of aromatic nitrogens is 5. The normalized spacial score (nSPS) is 13.3. The van der Waals surface area contributed by atoms with Crippen molar-refractivity contribution in [1.29, 1.82) is 0 Å². The molecule has 2 N–H and O–H groups in total. The number of imidazole rings is 1. The molecule has 2 aromatic carbocycles. The Morgan fingerprint density at radius 3 is 2.57 bits per heavy atom. The van der Waals surface area contributed by atoms with Gasteiger partial charge in [-0.25, -0.2) is 15.0 Å². The Balaban J connectivity index is 1.17. The predicted molar refractivity (Wildman–Crippen MR) is 164 cm³/mol. The maximum Gasteiger partial charge on any atom is 0.255 e.